The quantitative estimate of drug-likeness (QED) is 0.251. The van der Waals surface area contributed by atoms with Crippen LogP contribution in [0.25, 0.3) is 6.08 Å². The Kier molecular flexibility index (Phi) is 9.60. The molecule has 1 unspecified atom stereocenters. The van der Waals surface area contributed by atoms with Gasteiger partial charge in [0.1, 0.15) is 18.5 Å². The smallest absolute Gasteiger partial charge is 0.305 e. The maximum atomic E-state index is 12.5. The monoisotopic (exact) mass is 541 g/mol. The predicted octanol–water partition coefficient (Wildman–Crippen LogP) is 6.16. The second-order valence-electron chi connectivity index (χ2n) is 9.47. The zero-order chi connectivity index (χ0) is 28.0. The summed E-state index contributed by atoms with van der Waals surface area (Å²) in [6, 6.07) is 9.67. The molecule has 0 saturated heterocycles. The molecule has 1 amide bonds. The van der Waals surface area contributed by atoms with Crippen molar-refractivity contribution < 1.29 is 28.4 Å². The molecule has 0 radical (unpaired) electrons. The number of hydrogen-bond acceptors (Lipinski definition) is 5. The van der Waals surface area contributed by atoms with E-state index >= 15 is 0 Å². The second-order valence-corrected chi connectivity index (χ2v) is 9.90. The second kappa shape index (κ2) is 12.5. The molecule has 0 spiro atoms. The molecule has 0 N–H and O–H groups in total. The van der Waals surface area contributed by atoms with Crippen molar-refractivity contribution in [2.24, 2.45) is 0 Å². The number of fused-ring (bicyclic) bond motifs is 1. The highest BCUT2D eigenvalue weighted by Gasteiger charge is 2.45. The molecule has 1 aliphatic rings. The molecule has 204 valence electrons. The highest BCUT2D eigenvalue weighted by atomic mass is 35.5. The highest BCUT2D eigenvalue weighted by molar-refractivity contribution is 6.30. The van der Waals surface area contributed by atoms with Crippen molar-refractivity contribution in [2.75, 3.05) is 39.3 Å². The van der Waals surface area contributed by atoms with Gasteiger partial charge in [-0.2, -0.15) is 4.58 Å². The molecule has 0 fully saturated rings. The number of carbonyl (C=O) groups excluding carboxylic acids is 2. The number of nitrogens with zero attached hydrogens (tertiary/aromatic N) is 2. The van der Waals surface area contributed by atoms with E-state index in [1.54, 1.807) is 26.0 Å². The maximum absolute atomic E-state index is 12.5. The van der Waals surface area contributed by atoms with Gasteiger partial charge in [-0.05, 0) is 44.9 Å². The van der Waals surface area contributed by atoms with Crippen LogP contribution in [0, 0.1) is 0 Å². The minimum Gasteiger partial charge on any atom is -0.496 e. The Hall–Kier alpha value is -3.32. The van der Waals surface area contributed by atoms with Crippen LogP contribution in [-0.4, -0.2) is 56.6 Å². The van der Waals surface area contributed by atoms with Crippen LogP contribution in [0.1, 0.15) is 58.1 Å². The molecule has 1 aliphatic heterocycles. The Labute approximate surface area is 230 Å². The Morgan fingerprint density at radius 2 is 1.74 bits per heavy atom. The molecule has 0 aromatic heterocycles. The van der Waals surface area contributed by atoms with Crippen molar-refractivity contribution in [1.29, 1.82) is 0 Å². The Morgan fingerprint density at radius 1 is 1.08 bits per heavy atom. The van der Waals surface area contributed by atoms with Crippen molar-refractivity contribution in [3.05, 3.63) is 52.6 Å². The van der Waals surface area contributed by atoms with Gasteiger partial charge >= 0.3 is 5.97 Å². The Morgan fingerprint density at radius 3 is 2.29 bits per heavy atom. The third kappa shape index (κ3) is 5.88. The molecule has 1 atom stereocenters. The minimum absolute atomic E-state index is 0.139. The summed E-state index contributed by atoms with van der Waals surface area (Å²) in [5.41, 5.74) is 4.66. The number of ether oxygens (including phenoxy) is 3. The summed E-state index contributed by atoms with van der Waals surface area (Å²) in [6.45, 7) is 8.38. The molecule has 38 heavy (non-hydrogen) atoms. The number of amides is 1. The first-order valence-corrected chi connectivity index (χ1v) is 13.3. The largest absolute Gasteiger partial charge is 0.496 e. The molecule has 2 aromatic carbocycles. The van der Waals surface area contributed by atoms with E-state index in [0.29, 0.717) is 36.8 Å². The number of carbonyl (C=O) groups is 2. The van der Waals surface area contributed by atoms with E-state index in [-0.39, 0.29) is 23.7 Å². The van der Waals surface area contributed by atoms with Gasteiger partial charge in [0.05, 0.1) is 37.5 Å². The fourth-order valence-corrected chi connectivity index (χ4v) is 5.21. The molecular weight excluding hydrogens is 504 g/mol. The van der Waals surface area contributed by atoms with Crippen LogP contribution in [0.5, 0.6) is 11.5 Å². The van der Waals surface area contributed by atoms with E-state index in [1.165, 1.54) is 12.5 Å². The summed E-state index contributed by atoms with van der Waals surface area (Å²) in [5.74, 6) is 0.739. The standard InChI is InChI=1S/C30H38ClN2O5/c1-8-30(4)24-17-21(31)12-14-25(24)32(5)28(30)15-13-23-26(36-6)18-22(19-27(23)37-7)33(20(3)34)16-10-11-29(35)38-9-2/h12-15,17-19H,8-11,16H2,1-7H3/q+1. The van der Waals surface area contributed by atoms with E-state index in [9.17, 15) is 9.59 Å². The average Bonchev–Trinajstić information content (AvgIpc) is 3.10. The lowest BCUT2D eigenvalue weighted by Gasteiger charge is -2.23. The summed E-state index contributed by atoms with van der Waals surface area (Å²) < 4.78 is 18.7. The number of esters is 1. The summed E-state index contributed by atoms with van der Waals surface area (Å²) in [6.07, 6.45) is 5.71. The van der Waals surface area contributed by atoms with Gasteiger partial charge in [0, 0.05) is 54.8 Å². The van der Waals surface area contributed by atoms with Crippen molar-refractivity contribution in [1.82, 2.24) is 0 Å². The predicted molar refractivity (Wildman–Crippen MR) is 152 cm³/mol. The number of methoxy groups -OCH3 is 2. The summed E-state index contributed by atoms with van der Waals surface area (Å²) in [5, 5.41) is 0.721. The van der Waals surface area contributed by atoms with Crippen molar-refractivity contribution in [2.45, 2.75) is 52.4 Å². The minimum atomic E-state index is -0.274. The molecular formula is C30H38ClN2O5+. The van der Waals surface area contributed by atoms with Crippen LogP contribution < -0.4 is 14.4 Å². The number of allylic oxidation sites excluding steroid dienone is 1. The molecule has 3 rings (SSSR count). The van der Waals surface area contributed by atoms with E-state index in [4.69, 9.17) is 25.8 Å². The van der Waals surface area contributed by atoms with Crippen molar-refractivity contribution in [3.63, 3.8) is 0 Å². The molecule has 0 saturated carbocycles. The van der Waals surface area contributed by atoms with Gasteiger partial charge in [0.2, 0.25) is 11.6 Å². The lowest BCUT2D eigenvalue weighted by Crippen LogP contribution is -2.30. The third-order valence-corrected chi connectivity index (χ3v) is 7.48. The van der Waals surface area contributed by atoms with Gasteiger partial charge in [-0.15, -0.1) is 0 Å². The first-order chi connectivity index (χ1) is 18.1. The molecule has 8 heteroatoms. The van der Waals surface area contributed by atoms with Gasteiger partial charge in [-0.3, -0.25) is 9.59 Å². The first kappa shape index (κ1) is 29.2. The van der Waals surface area contributed by atoms with Gasteiger partial charge < -0.3 is 19.1 Å². The molecule has 2 aromatic rings. The van der Waals surface area contributed by atoms with E-state index in [2.05, 4.69) is 37.6 Å². The Balaban J connectivity index is 1.97. The van der Waals surface area contributed by atoms with E-state index in [0.717, 1.165) is 28.4 Å². The van der Waals surface area contributed by atoms with Crippen LogP contribution >= 0.6 is 11.6 Å². The molecule has 7 nitrogen and oxygen atoms in total. The number of halogens is 1. The van der Waals surface area contributed by atoms with Gasteiger partial charge in [-0.1, -0.05) is 18.5 Å². The topological polar surface area (TPSA) is 68.1 Å². The van der Waals surface area contributed by atoms with Crippen LogP contribution in [-0.2, 0) is 19.7 Å². The Bertz CT molecular complexity index is 1240. The van der Waals surface area contributed by atoms with Crippen LogP contribution in [0.2, 0.25) is 5.02 Å². The van der Waals surface area contributed by atoms with Gasteiger partial charge in [0.15, 0.2) is 5.71 Å². The van der Waals surface area contributed by atoms with Gasteiger partial charge in [0.25, 0.3) is 0 Å². The average molecular weight is 542 g/mol. The van der Waals surface area contributed by atoms with Crippen molar-refractivity contribution in [3.8, 4) is 11.5 Å². The van der Waals surface area contributed by atoms with Crippen LogP contribution in [0.4, 0.5) is 11.4 Å². The lowest BCUT2D eigenvalue weighted by atomic mass is 9.77. The molecule has 1 heterocycles. The SMILES string of the molecule is CCOC(=O)CCCN(C(C)=O)c1cc(OC)c(/C=C/C2=[N+](C)c3ccc(Cl)cc3C2(C)CC)c(OC)c1. The molecule has 0 aliphatic carbocycles. The summed E-state index contributed by atoms with van der Waals surface area (Å²) >= 11 is 6.35. The lowest BCUT2D eigenvalue weighted by molar-refractivity contribution is -0.401. The zero-order valence-corrected chi connectivity index (χ0v) is 24.1. The highest BCUT2D eigenvalue weighted by Crippen LogP contribution is 2.44. The summed E-state index contributed by atoms with van der Waals surface area (Å²) in [7, 11) is 5.25. The third-order valence-electron chi connectivity index (χ3n) is 7.24. The fourth-order valence-electron chi connectivity index (χ4n) is 5.04. The summed E-state index contributed by atoms with van der Waals surface area (Å²) in [4.78, 5) is 25.9. The van der Waals surface area contributed by atoms with Gasteiger partial charge in [-0.25, -0.2) is 0 Å². The number of anilines is 1. The normalized spacial score (nSPS) is 16.5. The number of benzene rings is 2. The van der Waals surface area contributed by atoms with Crippen LogP contribution in [0.3, 0.4) is 0 Å². The fraction of sp³-hybridized carbons (Fsp3) is 0.433. The number of hydrogen-bond donors (Lipinski definition) is 0. The zero-order valence-electron chi connectivity index (χ0n) is 23.4. The number of rotatable bonds is 11. The first-order valence-electron chi connectivity index (χ1n) is 12.9. The maximum Gasteiger partial charge on any atom is 0.305 e. The van der Waals surface area contributed by atoms with E-state index in [1.807, 2.05) is 30.3 Å². The van der Waals surface area contributed by atoms with E-state index < -0.39 is 0 Å². The molecule has 0 bridgehead atoms. The van der Waals surface area contributed by atoms with Crippen molar-refractivity contribution >= 4 is 46.6 Å². The van der Waals surface area contributed by atoms with Crippen LogP contribution in [0.15, 0.2) is 36.4 Å².